The molecular weight excluding hydrogens is 453 g/mol. The highest BCUT2D eigenvalue weighted by Crippen LogP contribution is 2.17. The van der Waals surface area contributed by atoms with Crippen LogP contribution in [0.15, 0.2) is 4.99 Å². The molecule has 2 heterocycles. The molecule has 0 aromatic rings. The minimum atomic E-state index is 0. The average Bonchev–Trinajstić information content (AvgIpc) is 3.10. The van der Waals surface area contributed by atoms with Gasteiger partial charge in [0.25, 0.3) is 0 Å². The van der Waals surface area contributed by atoms with Crippen molar-refractivity contribution < 1.29 is 4.74 Å². The predicted octanol–water partition coefficient (Wildman–Crippen LogP) is 2.53. The van der Waals surface area contributed by atoms with Crippen molar-refractivity contribution in [2.45, 2.75) is 64.5 Å². The molecule has 2 atom stereocenters. The van der Waals surface area contributed by atoms with Crippen LogP contribution in [-0.2, 0) is 4.74 Å². The molecule has 0 saturated carbocycles. The molecule has 2 N–H and O–H groups in total. The smallest absolute Gasteiger partial charge is 0.191 e. The molecule has 0 bridgehead atoms. The SMILES string of the molecule is CCNC(=NCC1CCCN1CCOC)NCCCN1CCCCC1C.I. The van der Waals surface area contributed by atoms with Crippen LogP contribution in [-0.4, -0.2) is 87.4 Å². The Morgan fingerprint density at radius 1 is 1.07 bits per heavy atom. The van der Waals surface area contributed by atoms with Gasteiger partial charge in [-0.2, -0.15) is 0 Å². The Morgan fingerprint density at radius 2 is 1.89 bits per heavy atom. The molecule has 160 valence electrons. The highest BCUT2D eigenvalue weighted by Gasteiger charge is 2.23. The average molecular weight is 495 g/mol. The molecule has 0 aromatic carbocycles. The molecule has 0 aromatic heterocycles. The second-order valence-electron chi connectivity index (χ2n) is 7.71. The third-order valence-electron chi connectivity index (χ3n) is 5.74. The lowest BCUT2D eigenvalue weighted by atomic mass is 10.0. The van der Waals surface area contributed by atoms with Gasteiger partial charge in [0.15, 0.2) is 5.96 Å². The predicted molar refractivity (Wildman–Crippen MR) is 125 cm³/mol. The lowest BCUT2D eigenvalue weighted by molar-refractivity contribution is 0.142. The van der Waals surface area contributed by atoms with Gasteiger partial charge in [-0.05, 0) is 59.0 Å². The highest BCUT2D eigenvalue weighted by atomic mass is 127. The van der Waals surface area contributed by atoms with Gasteiger partial charge in [0, 0.05) is 45.4 Å². The minimum Gasteiger partial charge on any atom is -0.383 e. The van der Waals surface area contributed by atoms with E-state index in [0.29, 0.717) is 6.04 Å². The van der Waals surface area contributed by atoms with Gasteiger partial charge in [-0.1, -0.05) is 6.42 Å². The third-order valence-corrected chi connectivity index (χ3v) is 5.74. The lowest BCUT2D eigenvalue weighted by Crippen LogP contribution is -2.42. The maximum Gasteiger partial charge on any atom is 0.191 e. The maximum atomic E-state index is 5.23. The van der Waals surface area contributed by atoms with Crippen molar-refractivity contribution in [1.29, 1.82) is 0 Å². The first kappa shape index (κ1) is 24.9. The van der Waals surface area contributed by atoms with Gasteiger partial charge in [0.1, 0.15) is 0 Å². The van der Waals surface area contributed by atoms with E-state index < -0.39 is 0 Å². The van der Waals surface area contributed by atoms with Gasteiger partial charge >= 0.3 is 0 Å². The van der Waals surface area contributed by atoms with Gasteiger partial charge in [0.05, 0.1) is 13.2 Å². The van der Waals surface area contributed by atoms with Crippen molar-refractivity contribution >= 4 is 29.9 Å². The fraction of sp³-hybridized carbons (Fsp3) is 0.950. The summed E-state index contributed by atoms with van der Waals surface area (Å²) in [7, 11) is 1.78. The normalized spacial score (nSPS) is 24.6. The second kappa shape index (κ2) is 14.8. The van der Waals surface area contributed by atoms with E-state index in [1.807, 2.05) is 0 Å². The number of guanidine groups is 1. The fourth-order valence-electron chi connectivity index (χ4n) is 4.12. The van der Waals surface area contributed by atoms with Crippen molar-refractivity contribution in [3.05, 3.63) is 0 Å². The van der Waals surface area contributed by atoms with Crippen LogP contribution in [0, 0.1) is 0 Å². The summed E-state index contributed by atoms with van der Waals surface area (Å²) in [5.41, 5.74) is 0. The second-order valence-corrected chi connectivity index (χ2v) is 7.71. The molecule has 0 amide bonds. The molecule has 0 radical (unpaired) electrons. The van der Waals surface area contributed by atoms with Crippen LogP contribution >= 0.6 is 24.0 Å². The molecule has 2 unspecified atom stereocenters. The quantitative estimate of drug-likeness (QED) is 0.211. The Balaban J connectivity index is 0.00000364. The number of ether oxygens (including phenoxy) is 1. The van der Waals surface area contributed by atoms with E-state index in [1.54, 1.807) is 7.11 Å². The number of likely N-dealkylation sites (tertiary alicyclic amines) is 2. The summed E-state index contributed by atoms with van der Waals surface area (Å²) in [6.45, 7) is 12.8. The Kier molecular flexibility index (Phi) is 13.7. The Hall–Kier alpha value is -0.120. The van der Waals surface area contributed by atoms with Crippen LogP contribution in [0.5, 0.6) is 0 Å². The zero-order chi connectivity index (χ0) is 18.6. The van der Waals surface area contributed by atoms with E-state index in [2.05, 4.69) is 34.3 Å². The Morgan fingerprint density at radius 3 is 2.63 bits per heavy atom. The number of methoxy groups -OCH3 is 1. The minimum absolute atomic E-state index is 0. The Labute approximate surface area is 183 Å². The number of halogens is 1. The van der Waals surface area contributed by atoms with Crippen molar-refractivity contribution in [3.8, 4) is 0 Å². The summed E-state index contributed by atoms with van der Waals surface area (Å²) < 4.78 is 5.23. The number of hydrogen-bond donors (Lipinski definition) is 2. The fourth-order valence-corrected chi connectivity index (χ4v) is 4.12. The number of rotatable bonds is 10. The van der Waals surface area contributed by atoms with Gasteiger partial charge in [-0.15, -0.1) is 24.0 Å². The molecule has 2 saturated heterocycles. The van der Waals surface area contributed by atoms with Crippen molar-refractivity contribution in [2.24, 2.45) is 4.99 Å². The number of nitrogens with zero attached hydrogens (tertiary/aromatic N) is 3. The van der Waals surface area contributed by atoms with Gasteiger partial charge < -0.3 is 20.3 Å². The molecule has 27 heavy (non-hydrogen) atoms. The molecule has 2 aliphatic rings. The van der Waals surface area contributed by atoms with Gasteiger partial charge in [-0.25, -0.2) is 0 Å². The van der Waals surface area contributed by atoms with Gasteiger partial charge in [-0.3, -0.25) is 9.89 Å². The highest BCUT2D eigenvalue weighted by molar-refractivity contribution is 14.0. The van der Waals surface area contributed by atoms with Crippen molar-refractivity contribution in [3.63, 3.8) is 0 Å². The molecule has 2 rings (SSSR count). The monoisotopic (exact) mass is 495 g/mol. The van der Waals surface area contributed by atoms with Crippen LogP contribution in [0.1, 0.15) is 52.4 Å². The zero-order valence-electron chi connectivity index (χ0n) is 17.7. The molecule has 2 aliphatic heterocycles. The summed E-state index contributed by atoms with van der Waals surface area (Å²) in [6.07, 6.45) is 7.83. The van der Waals surface area contributed by atoms with Crippen molar-refractivity contribution in [2.75, 3.05) is 59.5 Å². The van der Waals surface area contributed by atoms with Crippen LogP contribution in [0.2, 0.25) is 0 Å². The summed E-state index contributed by atoms with van der Waals surface area (Å²) in [6, 6.07) is 1.32. The summed E-state index contributed by atoms with van der Waals surface area (Å²) in [5, 5.41) is 6.92. The van der Waals surface area contributed by atoms with E-state index in [9.17, 15) is 0 Å². The van der Waals surface area contributed by atoms with Crippen molar-refractivity contribution in [1.82, 2.24) is 20.4 Å². The lowest BCUT2D eigenvalue weighted by Gasteiger charge is -2.33. The molecule has 2 fully saturated rings. The molecule has 7 heteroatoms. The van der Waals surface area contributed by atoms with Gasteiger partial charge in [0.2, 0.25) is 0 Å². The first-order valence-electron chi connectivity index (χ1n) is 10.7. The van der Waals surface area contributed by atoms with Crippen LogP contribution < -0.4 is 10.6 Å². The summed E-state index contributed by atoms with van der Waals surface area (Å²) in [5.74, 6) is 0.970. The summed E-state index contributed by atoms with van der Waals surface area (Å²) >= 11 is 0. The van der Waals surface area contributed by atoms with Crippen LogP contribution in [0.25, 0.3) is 0 Å². The molecule has 0 aliphatic carbocycles. The van der Waals surface area contributed by atoms with E-state index in [0.717, 1.165) is 44.8 Å². The number of hydrogen-bond acceptors (Lipinski definition) is 4. The van der Waals surface area contributed by atoms with E-state index in [1.165, 1.54) is 58.2 Å². The molecular formula is C20H42IN5O. The zero-order valence-corrected chi connectivity index (χ0v) is 20.0. The van der Waals surface area contributed by atoms with E-state index in [-0.39, 0.29) is 24.0 Å². The third kappa shape index (κ3) is 9.28. The summed E-state index contributed by atoms with van der Waals surface area (Å²) in [4.78, 5) is 10.0. The number of aliphatic imine (C=N–C) groups is 1. The number of nitrogens with one attached hydrogen (secondary N) is 2. The van der Waals surface area contributed by atoms with E-state index in [4.69, 9.17) is 9.73 Å². The first-order chi connectivity index (χ1) is 12.7. The largest absolute Gasteiger partial charge is 0.383 e. The number of piperidine rings is 1. The molecule has 0 spiro atoms. The Bertz CT molecular complexity index is 410. The van der Waals surface area contributed by atoms with Crippen LogP contribution in [0.4, 0.5) is 0 Å². The van der Waals surface area contributed by atoms with Crippen LogP contribution in [0.3, 0.4) is 0 Å². The molecule has 6 nitrogen and oxygen atoms in total. The maximum absolute atomic E-state index is 5.23. The topological polar surface area (TPSA) is 52.1 Å². The van der Waals surface area contributed by atoms with E-state index >= 15 is 0 Å². The first-order valence-corrected chi connectivity index (χ1v) is 10.7. The standard InChI is InChI=1S/C20H41N5O.HI/c1-4-21-20(22-11-8-14-24-12-6-5-9-18(24)2)23-17-19-10-7-13-25(19)15-16-26-3;/h18-19H,4-17H2,1-3H3,(H2,21,22,23);1H.